The second-order valence-electron chi connectivity index (χ2n) is 6.33. The quantitative estimate of drug-likeness (QED) is 0.859. The van der Waals surface area contributed by atoms with Gasteiger partial charge in [-0.15, -0.1) is 0 Å². The average Bonchev–Trinajstić information content (AvgIpc) is 2.58. The summed E-state index contributed by atoms with van der Waals surface area (Å²) in [6, 6.07) is 3.73. The lowest BCUT2D eigenvalue weighted by Crippen LogP contribution is -2.43. The molecule has 3 rings (SSSR count). The standard InChI is InChI=1S/C15H17F3O3S/c1-9-12(3-2-4-13(9)15(16,17)18)14(19)7-10-5-6-11(8-14)22(10,20)21/h2-4,10-11,19H,5-8H2,1H3. The zero-order valence-corrected chi connectivity index (χ0v) is 12.8. The molecule has 2 atom stereocenters. The van der Waals surface area contributed by atoms with Crippen molar-refractivity contribution in [3.63, 3.8) is 0 Å². The van der Waals surface area contributed by atoms with Crippen molar-refractivity contribution in [1.29, 1.82) is 0 Å². The smallest absolute Gasteiger partial charge is 0.385 e. The summed E-state index contributed by atoms with van der Waals surface area (Å²) in [4.78, 5) is 0. The zero-order chi connectivity index (χ0) is 16.3. The van der Waals surface area contributed by atoms with E-state index in [2.05, 4.69) is 0 Å². The summed E-state index contributed by atoms with van der Waals surface area (Å²) in [5, 5.41) is 9.60. The Hall–Kier alpha value is -1.08. The summed E-state index contributed by atoms with van der Waals surface area (Å²) in [5.41, 5.74) is -2.09. The number of aliphatic hydroxyl groups is 1. The van der Waals surface area contributed by atoms with Crippen molar-refractivity contribution in [2.24, 2.45) is 0 Å². The molecular weight excluding hydrogens is 317 g/mol. The fraction of sp³-hybridized carbons (Fsp3) is 0.600. The molecule has 1 N–H and O–H groups in total. The Kier molecular flexibility index (Phi) is 3.38. The minimum Gasteiger partial charge on any atom is -0.385 e. The van der Waals surface area contributed by atoms with Crippen molar-refractivity contribution in [2.75, 3.05) is 0 Å². The zero-order valence-electron chi connectivity index (χ0n) is 12.0. The molecule has 0 spiro atoms. The van der Waals surface area contributed by atoms with E-state index in [0.717, 1.165) is 6.07 Å². The first-order valence-corrected chi connectivity index (χ1v) is 8.79. The molecule has 0 radical (unpaired) electrons. The molecule has 3 nitrogen and oxygen atoms in total. The number of rotatable bonds is 1. The highest BCUT2D eigenvalue weighted by atomic mass is 32.2. The van der Waals surface area contributed by atoms with Gasteiger partial charge in [0.15, 0.2) is 9.84 Å². The maximum atomic E-state index is 13.0. The molecule has 0 amide bonds. The van der Waals surface area contributed by atoms with Crippen LogP contribution in [0.3, 0.4) is 0 Å². The van der Waals surface area contributed by atoms with Gasteiger partial charge in [0.05, 0.1) is 21.7 Å². The van der Waals surface area contributed by atoms with Crippen molar-refractivity contribution in [3.05, 3.63) is 34.9 Å². The predicted molar refractivity (Wildman–Crippen MR) is 75.0 cm³/mol. The summed E-state index contributed by atoms with van der Waals surface area (Å²) >= 11 is 0. The van der Waals surface area contributed by atoms with Crippen molar-refractivity contribution in [1.82, 2.24) is 0 Å². The highest BCUT2D eigenvalue weighted by Crippen LogP contribution is 2.49. The molecular formula is C15H17F3O3S. The molecule has 1 aromatic rings. The van der Waals surface area contributed by atoms with Crippen molar-refractivity contribution >= 4 is 9.84 Å². The maximum Gasteiger partial charge on any atom is 0.416 e. The highest BCUT2D eigenvalue weighted by molar-refractivity contribution is 7.93. The minimum atomic E-state index is -4.49. The van der Waals surface area contributed by atoms with Gasteiger partial charge in [0.2, 0.25) is 0 Å². The second-order valence-corrected chi connectivity index (χ2v) is 8.84. The second kappa shape index (κ2) is 4.71. The van der Waals surface area contributed by atoms with Crippen molar-refractivity contribution in [3.8, 4) is 0 Å². The maximum absolute atomic E-state index is 13.0. The van der Waals surface area contributed by atoms with E-state index in [1.54, 1.807) is 0 Å². The SMILES string of the molecule is Cc1c(C(F)(F)F)cccc1C1(O)CC2CCC(C1)S2(=O)=O. The van der Waals surface area contributed by atoms with Gasteiger partial charge in [0.1, 0.15) is 0 Å². The molecule has 22 heavy (non-hydrogen) atoms. The van der Waals surface area contributed by atoms with E-state index in [0.29, 0.717) is 12.8 Å². The molecule has 2 bridgehead atoms. The molecule has 2 heterocycles. The molecule has 0 saturated carbocycles. The Morgan fingerprint density at radius 2 is 1.73 bits per heavy atom. The summed E-state index contributed by atoms with van der Waals surface area (Å²) in [7, 11) is -3.24. The van der Waals surface area contributed by atoms with E-state index in [1.807, 2.05) is 0 Å². The van der Waals surface area contributed by atoms with Crippen LogP contribution in [0.1, 0.15) is 42.4 Å². The topological polar surface area (TPSA) is 54.4 Å². The third-order valence-electron chi connectivity index (χ3n) is 5.01. The lowest BCUT2D eigenvalue weighted by atomic mass is 9.82. The van der Waals surface area contributed by atoms with Crippen molar-refractivity contribution < 1.29 is 26.7 Å². The van der Waals surface area contributed by atoms with Gasteiger partial charge in [-0.25, -0.2) is 8.42 Å². The van der Waals surface area contributed by atoms with Crippen LogP contribution in [0.2, 0.25) is 0 Å². The lowest BCUT2D eigenvalue weighted by Gasteiger charge is -2.37. The predicted octanol–water partition coefficient (Wildman–Crippen LogP) is 2.94. The Bertz CT molecular complexity index is 689. The van der Waals surface area contributed by atoms with Gasteiger partial charge < -0.3 is 5.11 Å². The summed E-state index contributed by atoms with van der Waals surface area (Å²) in [5.74, 6) is 0. The van der Waals surface area contributed by atoms with Crippen LogP contribution >= 0.6 is 0 Å². The monoisotopic (exact) mass is 334 g/mol. The van der Waals surface area contributed by atoms with Crippen LogP contribution in [-0.2, 0) is 21.6 Å². The third-order valence-corrected chi connectivity index (χ3v) is 7.67. The number of halogens is 3. The fourth-order valence-electron chi connectivity index (χ4n) is 3.91. The molecule has 0 aromatic heterocycles. The summed E-state index contributed by atoms with van der Waals surface area (Å²) in [6.07, 6.45) is -3.57. The minimum absolute atomic E-state index is 0.0174. The average molecular weight is 334 g/mol. The van der Waals surface area contributed by atoms with E-state index < -0.39 is 37.7 Å². The van der Waals surface area contributed by atoms with Gasteiger partial charge in [0.25, 0.3) is 0 Å². The first kappa shape index (κ1) is 15.8. The van der Waals surface area contributed by atoms with E-state index >= 15 is 0 Å². The van der Waals surface area contributed by atoms with Crippen LogP contribution < -0.4 is 0 Å². The fourth-order valence-corrected chi connectivity index (χ4v) is 6.40. The Morgan fingerprint density at radius 1 is 1.18 bits per heavy atom. The molecule has 2 aliphatic rings. The van der Waals surface area contributed by atoms with E-state index in [9.17, 15) is 26.7 Å². The van der Waals surface area contributed by atoms with Crippen LogP contribution in [0.4, 0.5) is 13.2 Å². The molecule has 7 heteroatoms. The molecule has 2 unspecified atom stereocenters. The van der Waals surface area contributed by atoms with Crippen molar-refractivity contribution in [2.45, 2.75) is 54.9 Å². The number of fused-ring (bicyclic) bond motifs is 2. The van der Waals surface area contributed by atoms with Gasteiger partial charge in [-0.3, -0.25) is 0 Å². The molecule has 2 saturated heterocycles. The Balaban J connectivity index is 2.06. The van der Waals surface area contributed by atoms with E-state index in [1.165, 1.54) is 19.1 Å². The van der Waals surface area contributed by atoms with Gasteiger partial charge in [-0.05, 0) is 49.8 Å². The van der Waals surface area contributed by atoms with E-state index in [-0.39, 0.29) is 24.0 Å². The highest BCUT2D eigenvalue weighted by Gasteiger charge is 2.53. The van der Waals surface area contributed by atoms with Gasteiger partial charge in [-0.1, -0.05) is 12.1 Å². The first-order valence-electron chi connectivity index (χ1n) is 7.18. The summed E-state index contributed by atoms with van der Waals surface area (Å²) < 4.78 is 63.3. The molecule has 1 aromatic carbocycles. The van der Waals surface area contributed by atoms with Crippen LogP contribution in [0.25, 0.3) is 0 Å². The van der Waals surface area contributed by atoms with Gasteiger partial charge in [0, 0.05) is 0 Å². The number of hydrogen-bond acceptors (Lipinski definition) is 3. The third kappa shape index (κ3) is 2.25. The van der Waals surface area contributed by atoms with Crippen LogP contribution in [-0.4, -0.2) is 24.0 Å². The molecule has 2 aliphatic heterocycles. The van der Waals surface area contributed by atoms with E-state index in [4.69, 9.17) is 0 Å². The van der Waals surface area contributed by atoms with Gasteiger partial charge in [-0.2, -0.15) is 13.2 Å². The molecule has 122 valence electrons. The lowest BCUT2D eigenvalue weighted by molar-refractivity contribution is -0.138. The van der Waals surface area contributed by atoms with Crippen LogP contribution in [0.5, 0.6) is 0 Å². The van der Waals surface area contributed by atoms with Crippen LogP contribution in [0, 0.1) is 6.92 Å². The number of sulfone groups is 1. The molecule has 0 aliphatic carbocycles. The Morgan fingerprint density at radius 3 is 2.23 bits per heavy atom. The number of benzene rings is 1. The normalized spacial score (nSPS) is 33.9. The summed E-state index contributed by atoms with van der Waals surface area (Å²) in [6.45, 7) is 1.33. The Labute approximate surface area is 127 Å². The number of alkyl halides is 3. The van der Waals surface area contributed by atoms with Gasteiger partial charge >= 0.3 is 6.18 Å². The largest absolute Gasteiger partial charge is 0.416 e. The first-order chi connectivity index (χ1) is 10.1. The van der Waals surface area contributed by atoms with Crippen LogP contribution in [0.15, 0.2) is 18.2 Å². The number of hydrogen-bond donors (Lipinski definition) is 1. The molecule has 2 fully saturated rings.